The molecular formula is C16H18N2OS. The van der Waals surface area contributed by atoms with Crippen LogP contribution in [0.2, 0.25) is 0 Å². The van der Waals surface area contributed by atoms with Crippen LogP contribution in [0.1, 0.15) is 42.0 Å². The molecule has 0 saturated heterocycles. The first kappa shape index (κ1) is 12.4. The van der Waals surface area contributed by atoms with Gasteiger partial charge in [-0.25, -0.2) is 4.98 Å². The summed E-state index contributed by atoms with van der Waals surface area (Å²) in [6.07, 6.45) is 5.85. The molecule has 0 bridgehead atoms. The number of nitrogens with two attached hydrogens (primary N) is 1. The lowest BCUT2D eigenvalue weighted by Gasteiger charge is -2.31. The van der Waals surface area contributed by atoms with Gasteiger partial charge in [-0.2, -0.15) is 0 Å². The molecule has 2 aliphatic rings. The lowest BCUT2D eigenvalue weighted by Crippen LogP contribution is -2.38. The minimum Gasteiger partial charge on any atom is -0.487 e. The number of thiazole rings is 1. The first-order valence-electron chi connectivity index (χ1n) is 7.27. The van der Waals surface area contributed by atoms with Crippen LogP contribution in [-0.2, 0) is 12.1 Å². The van der Waals surface area contributed by atoms with Gasteiger partial charge in [-0.3, -0.25) is 0 Å². The highest BCUT2D eigenvalue weighted by molar-refractivity contribution is 7.12. The number of ether oxygens (including phenoxy) is 1. The summed E-state index contributed by atoms with van der Waals surface area (Å²) >= 11 is 1.74. The molecule has 3 nitrogen and oxygen atoms in total. The van der Waals surface area contributed by atoms with Crippen molar-refractivity contribution in [2.75, 3.05) is 0 Å². The highest BCUT2D eigenvalue weighted by atomic mass is 32.1. The summed E-state index contributed by atoms with van der Waals surface area (Å²) in [5.41, 5.74) is 8.60. The van der Waals surface area contributed by atoms with Gasteiger partial charge in [0.1, 0.15) is 17.4 Å². The number of hydrogen-bond acceptors (Lipinski definition) is 4. The maximum absolute atomic E-state index is 6.62. The summed E-state index contributed by atoms with van der Waals surface area (Å²) in [6, 6.07) is 8.13. The molecule has 0 amide bonds. The van der Waals surface area contributed by atoms with Gasteiger partial charge in [-0.05, 0) is 25.0 Å². The summed E-state index contributed by atoms with van der Waals surface area (Å²) < 4.78 is 5.81. The van der Waals surface area contributed by atoms with Crippen LogP contribution in [0.5, 0.6) is 5.75 Å². The molecule has 1 aromatic heterocycles. The first-order valence-corrected chi connectivity index (χ1v) is 8.09. The number of hydrogen-bond donors (Lipinski definition) is 1. The van der Waals surface area contributed by atoms with Gasteiger partial charge in [-0.1, -0.05) is 31.4 Å². The Balaban J connectivity index is 1.78. The van der Waals surface area contributed by atoms with Gasteiger partial charge >= 0.3 is 0 Å². The van der Waals surface area contributed by atoms with Gasteiger partial charge in [0.05, 0.1) is 16.1 Å². The van der Waals surface area contributed by atoms with Crippen molar-refractivity contribution in [2.45, 2.75) is 44.2 Å². The molecule has 104 valence electrons. The van der Waals surface area contributed by atoms with Crippen molar-refractivity contribution >= 4 is 11.3 Å². The molecule has 1 aliphatic carbocycles. The van der Waals surface area contributed by atoms with E-state index in [9.17, 15) is 0 Å². The molecule has 2 N–H and O–H groups in total. The highest BCUT2D eigenvalue weighted by Crippen LogP contribution is 2.44. The predicted molar refractivity (Wildman–Crippen MR) is 80.8 cm³/mol. The van der Waals surface area contributed by atoms with Crippen molar-refractivity contribution in [3.63, 3.8) is 0 Å². The Labute approximate surface area is 122 Å². The molecule has 4 rings (SSSR count). The Kier molecular flexibility index (Phi) is 2.82. The quantitative estimate of drug-likeness (QED) is 0.867. The number of fused-ring (bicyclic) bond motifs is 3. The maximum Gasteiger partial charge on any atom is 0.129 e. The zero-order valence-electron chi connectivity index (χ0n) is 11.4. The summed E-state index contributed by atoms with van der Waals surface area (Å²) in [4.78, 5) is 6.12. The number of aromatic nitrogens is 1. The van der Waals surface area contributed by atoms with E-state index < -0.39 is 0 Å². The predicted octanol–water partition coefficient (Wildman–Crippen LogP) is 3.82. The topological polar surface area (TPSA) is 48.1 Å². The van der Waals surface area contributed by atoms with E-state index >= 15 is 0 Å². The zero-order valence-corrected chi connectivity index (χ0v) is 12.2. The highest BCUT2D eigenvalue weighted by Gasteiger charge is 2.34. The molecule has 1 aromatic carbocycles. The van der Waals surface area contributed by atoms with Crippen molar-refractivity contribution in [2.24, 2.45) is 5.73 Å². The Hall–Kier alpha value is -1.39. The van der Waals surface area contributed by atoms with Crippen LogP contribution in [0, 0.1) is 0 Å². The third-order valence-electron chi connectivity index (χ3n) is 4.37. The molecule has 1 saturated carbocycles. The molecule has 0 unspecified atom stereocenters. The minimum absolute atomic E-state index is 0.213. The average molecular weight is 286 g/mol. The Bertz CT molecular complexity index is 644. The second-order valence-electron chi connectivity index (χ2n) is 5.79. The zero-order chi connectivity index (χ0) is 13.6. The molecule has 20 heavy (non-hydrogen) atoms. The molecule has 2 heterocycles. The van der Waals surface area contributed by atoms with E-state index in [1.165, 1.54) is 24.1 Å². The molecule has 4 heteroatoms. The Morgan fingerprint density at radius 3 is 2.80 bits per heavy atom. The van der Waals surface area contributed by atoms with Gasteiger partial charge in [-0.15, -0.1) is 11.3 Å². The molecular weight excluding hydrogens is 268 g/mol. The molecule has 0 radical (unpaired) electrons. The third kappa shape index (κ3) is 1.86. The summed E-state index contributed by atoms with van der Waals surface area (Å²) in [5, 5.41) is 1.10. The van der Waals surface area contributed by atoms with Crippen molar-refractivity contribution in [1.82, 2.24) is 4.98 Å². The van der Waals surface area contributed by atoms with E-state index in [-0.39, 0.29) is 5.54 Å². The lowest BCUT2D eigenvalue weighted by atomic mass is 9.83. The van der Waals surface area contributed by atoms with Crippen LogP contribution in [0.3, 0.4) is 0 Å². The third-order valence-corrected chi connectivity index (χ3v) is 5.62. The van der Waals surface area contributed by atoms with Crippen LogP contribution < -0.4 is 10.5 Å². The molecule has 0 atom stereocenters. The van der Waals surface area contributed by atoms with Crippen LogP contribution in [0.25, 0.3) is 11.3 Å². The summed E-state index contributed by atoms with van der Waals surface area (Å²) in [5.74, 6) is 0.937. The van der Waals surface area contributed by atoms with Crippen LogP contribution in [0.4, 0.5) is 0 Å². The number of rotatable bonds is 1. The van der Waals surface area contributed by atoms with Gasteiger partial charge in [0, 0.05) is 5.56 Å². The van der Waals surface area contributed by atoms with Gasteiger partial charge in [0.25, 0.3) is 0 Å². The molecule has 1 fully saturated rings. The normalized spacial score (nSPS) is 19.9. The monoisotopic (exact) mass is 286 g/mol. The number of para-hydroxylation sites is 1. The van der Waals surface area contributed by atoms with Gasteiger partial charge in [0.2, 0.25) is 0 Å². The minimum atomic E-state index is -0.213. The number of benzene rings is 1. The standard InChI is InChI=1S/C16H18N2OS/c17-16(8-4-1-5-9-16)15-18-14-11-6-2-3-7-12(11)19-10-13(14)20-15/h2-3,6-7H,1,4-5,8-10,17H2. The van der Waals surface area contributed by atoms with Crippen LogP contribution in [-0.4, -0.2) is 4.98 Å². The lowest BCUT2D eigenvalue weighted by molar-refractivity contribution is 0.301. The number of nitrogens with zero attached hydrogens (tertiary/aromatic N) is 1. The van der Waals surface area contributed by atoms with Crippen molar-refractivity contribution < 1.29 is 4.74 Å². The second-order valence-corrected chi connectivity index (χ2v) is 6.88. The fourth-order valence-electron chi connectivity index (χ4n) is 3.20. The SMILES string of the molecule is NC1(c2nc3c(s2)COc2ccccc2-3)CCCCC1. The van der Waals surface area contributed by atoms with Gasteiger partial charge < -0.3 is 10.5 Å². The molecule has 0 spiro atoms. The van der Waals surface area contributed by atoms with Crippen molar-refractivity contribution in [3.8, 4) is 17.0 Å². The largest absolute Gasteiger partial charge is 0.487 e. The van der Waals surface area contributed by atoms with E-state index in [1.54, 1.807) is 11.3 Å². The van der Waals surface area contributed by atoms with E-state index in [0.717, 1.165) is 34.9 Å². The van der Waals surface area contributed by atoms with Gasteiger partial charge in [0.15, 0.2) is 0 Å². The summed E-state index contributed by atoms with van der Waals surface area (Å²) in [6.45, 7) is 0.625. The van der Waals surface area contributed by atoms with E-state index in [4.69, 9.17) is 15.5 Å². The van der Waals surface area contributed by atoms with E-state index in [0.29, 0.717) is 6.61 Å². The average Bonchev–Trinajstić information content (AvgIpc) is 2.93. The Morgan fingerprint density at radius 1 is 1.15 bits per heavy atom. The first-order chi connectivity index (χ1) is 9.76. The summed E-state index contributed by atoms with van der Waals surface area (Å²) in [7, 11) is 0. The molecule has 2 aromatic rings. The smallest absolute Gasteiger partial charge is 0.129 e. The fourth-order valence-corrected chi connectivity index (χ4v) is 4.35. The van der Waals surface area contributed by atoms with E-state index in [2.05, 4.69) is 6.07 Å². The van der Waals surface area contributed by atoms with Crippen molar-refractivity contribution in [1.29, 1.82) is 0 Å². The maximum atomic E-state index is 6.62. The van der Waals surface area contributed by atoms with Crippen LogP contribution >= 0.6 is 11.3 Å². The Morgan fingerprint density at radius 2 is 1.95 bits per heavy atom. The fraction of sp³-hybridized carbons (Fsp3) is 0.438. The van der Waals surface area contributed by atoms with Crippen LogP contribution in [0.15, 0.2) is 24.3 Å². The second kappa shape index (κ2) is 4.57. The molecule has 1 aliphatic heterocycles. The van der Waals surface area contributed by atoms with E-state index in [1.807, 2.05) is 18.2 Å². The van der Waals surface area contributed by atoms with Crippen molar-refractivity contribution in [3.05, 3.63) is 34.2 Å².